The van der Waals surface area contributed by atoms with Crippen LogP contribution in [0.3, 0.4) is 0 Å². The van der Waals surface area contributed by atoms with Crippen molar-refractivity contribution in [3.05, 3.63) is 71.7 Å². The number of carbonyl (C=O) groups is 1. The van der Waals surface area contributed by atoms with Crippen LogP contribution in [0.15, 0.2) is 54.6 Å². The molecule has 2 atom stereocenters. The number of aliphatic carboxylic acids is 1. The number of hydrogen-bond acceptors (Lipinski definition) is 4. The van der Waals surface area contributed by atoms with Gasteiger partial charge in [-0.2, -0.15) is 5.10 Å². The van der Waals surface area contributed by atoms with Crippen LogP contribution in [0.2, 0.25) is 0 Å². The van der Waals surface area contributed by atoms with Gasteiger partial charge in [0.2, 0.25) is 0 Å². The summed E-state index contributed by atoms with van der Waals surface area (Å²) in [4.78, 5) is 21.0. The fourth-order valence-electron chi connectivity index (χ4n) is 3.40. The maximum absolute atomic E-state index is 13.5. The number of aliphatic hydroxyl groups is 1. The lowest BCUT2D eigenvalue weighted by Crippen LogP contribution is -2.17. The molecule has 1 aromatic heterocycles. The first-order chi connectivity index (χ1) is 15.6. The van der Waals surface area contributed by atoms with Gasteiger partial charge in [-0.25, -0.2) is 9.07 Å². The standard InChI is InChI=1S/C24H24FN2O5P/c1-16(2)24-21(12-13-33(31,32)15-20(28)14-22(29)30)23(17-8-10-18(25)11-9-17)26-27(24)19-6-4-3-5-7-19/h3-11,16,20,28H,14-15H2,1-2H3,(H,29,30)(H,31,32). The van der Waals surface area contributed by atoms with E-state index in [-0.39, 0.29) is 5.92 Å². The summed E-state index contributed by atoms with van der Waals surface area (Å²) in [5.41, 5.74) is 5.20. The van der Waals surface area contributed by atoms with E-state index in [9.17, 15) is 23.7 Å². The SMILES string of the molecule is CC(C)c1c(C#CP(=O)(O)CC(O)CC(=O)O)c(-c2ccc(F)cc2)nn1-c1ccccc1. The van der Waals surface area contributed by atoms with Crippen molar-refractivity contribution in [2.24, 2.45) is 0 Å². The number of para-hydroxylation sites is 1. The molecule has 0 amide bonds. The molecule has 0 aliphatic heterocycles. The van der Waals surface area contributed by atoms with E-state index in [4.69, 9.17) is 10.2 Å². The number of nitrogens with zero attached hydrogens (tertiary/aromatic N) is 2. The van der Waals surface area contributed by atoms with Crippen LogP contribution >= 0.6 is 7.37 Å². The average Bonchev–Trinajstić information content (AvgIpc) is 3.12. The van der Waals surface area contributed by atoms with Crippen LogP contribution in [0.5, 0.6) is 0 Å². The molecule has 3 N–H and O–H groups in total. The molecule has 33 heavy (non-hydrogen) atoms. The summed E-state index contributed by atoms with van der Waals surface area (Å²) >= 11 is 0. The van der Waals surface area contributed by atoms with Crippen molar-refractivity contribution in [2.75, 3.05) is 6.16 Å². The number of hydrogen-bond donors (Lipinski definition) is 3. The largest absolute Gasteiger partial charge is 0.481 e. The Morgan fingerprint density at radius 1 is 1.15 bits per heavy atom. The van der Waals surface area contributed by atoms with Gasteiger partial charge < -0.3 is 15.1 Å². The fourth-order valence-corrected chi connectivity index (χ4v) is 4.48. The lowest BCUT2D eigenvalue weighted by molar-refractivity contribution is -0.138. The third-order valence-electron chi connectivity index (χ3n) is 4.81. The Labute approximate surface area is 191 Å². The second-order valence-electron chi connectivity index (χ2n) is 7.89. The normalized spacial score (nSPS) is 13.8. The third-order valence-corrected chi connectivity index (χ3v) is 6.19. The lowest BCUT2D eigenvalue weighted by Gasteiger charge is -2.11. The summed E-state index contributed by atoms with van der Waals surface area (Å²) in [6, 6.07) is 15.0. The van der Waals surface area contributed by atoms with Gasteiger partial charge in [0.15, 0.2) is 0 Å². The second kappa shape index (κ2) is 10.1. The van der Waals surface area contributed by atoms with Crippen molar-refractivity contribution < 1.29 is 28.9 Å². The van der Waals surface area contributed by atoms with Crippen molar-refractivity contribution in [2.45, 2.75) is 32.3 Å². The average molecular weight is 470 g/mol. The summed E-state index contributed by atoms with van der Waals surface area (Å²) < 4.78 is 27.8. The van der Waals surface area contributed by atoms with E-state index >= 15 is 0 Å². The first-order valence-electron chi connectivity index (χ1n) is 10.3. The highest BCUT2D eigenvalue weighted by Crippen LogP contribution is 2.41. The molecule has 0 radical (unpaired) electrons. The van der Waals surface area contributed by atoms with E-state index in [1.807, 2.05) is 44.2 Å². The number of halogens is 1. The molecule has 0 aliphatic rings. The summed E-state index contributed by atoms with van der Waals surface area (Å²) in [7, 11) is -4.17. The van der Waals surface area contributed by atoms with Crippen molar-refractivity contribution >= 4 is 13.3 Å². The summed E-state index contributed by atoms with van der Waals surface area (Å²) in [5.74, 6) is 1.00. The molecule has 7 nitrogen and oxygen atoms in total. The zero-order chi connectivity index (χ0) is 24.2. The molecule has 172 valence electrons. The van der Waals surface area contributed by atoms with Crippen molar-refractivity contribution in [3.63, 3.8) is 0 Å². The van der Waals surface area contributed by atoms with E-state index < -0.39 is 37.8 Å². The molecular weight excluding hydrogens is 446 g/mol. The minimum atomic E-state index is -4.17. The van der Waals surface area contributed by atoms with Crippen LogP contribution in [-0.2, 0) is 9.36 Å². The van der Waals surface area contributed by atoms with E-state index in [2.05, 4.69) is 11.6 Å². The van der Waals surface area contributed by atoms with Gasteiger partial charge in [-0.1, -0.05) is 38.0 Å². The van der Waals surface area contributed by atoms with Crippen molar-refractivity contribution in [1.29, 1.82) is 0 Å². The third kappa shape index (κ3) is 6.17. The highest BCUT2D eigenvalue weighted by atomic mass is 31.2. The molecule has 0 bridgehead atoms. The molecule has 1 heterocycles. The molecule has 0 aliphatic carbocycles. The highest BCUT2D eigenvalue weighted by molar-refractivity contribution is 7.63. The molecular formula is C24H24FN2O5P. The molecule has 0 saturated heterocycles. The van der Waals surface area contributed by atoms with Crippen LogP contribution in [0.4, 0.5) is 4.39 Å². The molecule has 0 saturated carbocycles. The van der Waals surface area contributed by atoms with Gasteiger partial charge in [0.25, 0.3) is 7.37 Å². The predicted octanol–water partition coefficient (Wildman–Crippen LogP) is 4.22. The van der Waals surface area contributed by atoms with Gasteiger partial charge in [-0.05, 0) is 48.0 Å². The monoisotopic (exact) mass is 470 g/mol. The molecule has 2 aromatic carbocycles. The van der Waals surface area contributed by atoms with Gasteiger partial charge in [0.05, 0.1) is 35.6 Å². The minimum Gasteiger partial charge on any atom is -0.481 e. The van der Waals surface area contributed by atoms with E-state index in [1.54, 1.807) is 16.8 Å². The number of carboxylic acid groups (broad SMARTS) is 1. The number of aromatic nitrogens is 2. The first-order valence-corrected chi connectivity index (χ1v) is 12.1. The Morgan fingerprint density at radius 2 is 1.79 bits per heavy atom. The maximum atomic E-state index is 13.5. The van der Waals surface area contributed by atoms with Crippen LogP contribution in [0.1, 0.15) is 37.4 Å². The molecule has 2 unspecified atom stereocenters. The van der Waals surface area contributed by atoms with Crippen LogP contribution < -0.4 is 0 Å². The Hall–Kier alpha value is -3.24. The molecule has 0 spiro atoms. The van der Waals surface area contributed by atoms with Crippen LogP contribution in [0, 0.1) is 17.4 Å². The first kappa shape index (κ1) is 24.4. The van der Waals surface area contributed by atoms with Gasteiger partial charge in [-0.15, -0.1) is 0 Å². The zero-order valence-electron chi connectivity index (χ0n) is 18.1. The summed E-state index contributed by atoms with van der Waals surface area (Å²) in [6.07, 6.45) is -2.82. The molecule has 9 heteroatoms. The van der Waals surface area contributed by atoms with Gasteiger partial charge in [0.1, 0.15) is 11.5 Å². The number of rotatable bonds is 7. The number of benzene rings is 2. The Kier molecular flexibility index (Phi) is 7.50. The van der Waals surface area contributed by atoms with E-state index in [0.29, 0.717) is 22.5 Å². The summed E-state index contributed by atoms with van der Waals surface area (Å²) in [5, 5.41) is 23.2. The Morgan fingerprint density at radius 3 is 2.36 bits per heavy atom. The van der Waals surface area contributed by atoms with Crippen LogP contribution in [-0.4, -0.2) is 43.1 Å². The zero-order valence-corrected chi connectivity index (χ0v) is 19.0. The topological polar surface area (TPSA) is 113 Å². The fraction of sp³-hybridized carbons (Fsp3) is 0.250. The Bertz CT molecular complexity index is 1240. The van der Waals surface area contributed by atoms with Crippen molar-refractivity contribution in [1.82, 2.24) is 9.78 Å². The lowest BCUT2D eigenvalue weighted by atomic mass is 10.0. The highest BCUT2D eigenvalue weighted by Gasteiger charge is 2.25. The Balaban J connectivity index is 2.16. The van der Waals surface area contributed by atoms with E-state index in [0.717, 1.165) is 5.69 Å². The van der Waals surface area contributed by atoms with Crippen LogP contribution in [0.25, 0.3) is 16.9 Å². The maximum Gasteiger partial charge on any atom is 0.305 e. The number of aliphatic hydroxyl groups excluding tert-OH is 1. The number of carboxylic acids is 1. The van der Waals surface area contributed by atoms with Gasteiger partial charge in [0, 0.05) is 5.56 Å². The second-order valence-corrected chi connectivity index (χ2v) is 9.88. The molecule has 3 aromatic rings. The smallest absolute Gasteiger partial charge is 0.305 e. The predicted molar refractivity (Wildman–Crippen MR) is 123 cm³/mol. The van der Waals surface area contributed by atoms with Gasteiger partial charge in [-0.3, -0.25) is 9.36 Å². The molecule has 3 rings (SSSR count). The summed E-state index contributed by atoms with van der Waals surface area (Å²) in [6.45, 7) is 3.87. The van der Waals surface area contributed by atoms with Crippen molar-refractivity contribution in [3.8, 4) is 28.5 Å². The van der Waals surface area contributed by atoms with Gasteiger partial charge >= 0.3 is 5.97 Å². The minimum absolute atomic E-state index is 0.0770. The quantitative estimate of drug-likeness (QED) is 0.352. The van der Waals surface area contributed by atoms with E-state index in [1.165, 1.54) is 12.1 Å². The molecule has 0 fully saturated rings.